The van der Waals surface area contributed by atoms with Gasteiger partial charge >= 0.3 is 5.63 Å². The van der Waals surface area contributed by atoms with Gasteiger partial charge in [-0.15, -0.1) is 0 Å². The molecule has 0 saturated carbocycles. The van der Waals surface area contributed by atoms with Crippen LogP contribution in [0.3, 0.4) is 0 Å². The van der Waals surface area contributed by atoms with Crippen LogP contribution in [0.4, 0.5) is 5.69 Å². The third-order valence-electron chi connectivity index (χ3n) is 4.14. The Morgan fingerprint density at radius 1 is 1.11 bits per heavy atom. The average molecular weight is 365 g/mol. The largest absolute Gasteiger partial charge is 0.481 e. The minimum Gasteiger partial charge on any atom is -0.481 e. The lowest BCUT2D eigenvalue weighted by Crippen LogP contribution is -2.30. The van der Waals surface area contributed by atoms with Crippen LogP contribution in [0.1, 0.15) is 29.8 Å². The molecule has 0 radical (unpaired) electrons. The predicted molar refractivity (Wildman–Crippen MR) is 102 cm³/mol. The molecule has 0 spiro atoms. The van der Waals surface area contributed by atoms with Crippen LogP contribution in [0, 0.1) is 6.92 Å². The van der Waals surface area contributed by atoms with Crippen molar-refractivity contribution in [2.24, 2.45) is 0 Å². The maximum atomic E-state index is 12.4. The summed E-state index contributed by atoms with van der Waals surface area (Å²) >= 11 is 0. The van der Waals surface area contributed by atoms with Crippen LogP contribution >= 0.6 is 0 Å². The molecule has 0 aliphatic heterocycles. The van der Waals surface area contributed by atoms with Crippen molar-refractivity contribution in [2.75, 3.05) is 5.32 Å². The molecule has 138 valence electrons. The predicted octanol–water partition coefficient (Wildman–Crippen LogP) is 3.71. The molecule has 3 aromatic rings. The van der Waals surface area contributed by atoms with Crippen LogP contribution < -0.4 is 15.7 Å². The Bertz CT molecular complexity index is 1080. The Kier molecular flexibility index (Phi) is 5.07. The van der Waals surface area contributed by atoms with Crippen LogP contribution in [0.15, 0.2) is 57.7 Å². The molecule has 0 fully saturated rings. The van der Waals surface area contributed by atoms with Gasteiger partial charge in [0.1, 0.15) is 11.3 Å². The van der Waals surface area contributed by atoms with Crippen molar-refractivity contribution in [1.82, 2.24) is 0 Å². The first-order valence-electron chi connectivity index (χ1n) is 8.46. The standard InChI is InChI=1S/C21H19NO5/c1-12-9-20(24)27-19-11-17(7-8-18(12)19)26-14(3)21(25)22-16-6-4-5-15(10-16)13(2)23/h4-11,14H,1-3H3,(H,22,25)/t14-/m1/s1. The van der Waals surface area contributed by atoms with E-state index in [1.54, 1.807) is 49.4 Å². The van der Waals surface area contributed by atoms with Gasteiger partial charge < -0.3 is 14.5 Å². The van der Waals surface area contributed by atoms with Gasteiger partial charge in [0.25, 0.3) is 5.91 Å². The Hall–Kier alpha value is -3.41. The summed E-state index contributed by atoms with van der Waals surface area (Å²) in [6, 6.07) is 13.2. The Morgan fingerprint density at radius 3 is 2.63 bits per heavy atom. The molecule has 2 aromatic carbocycles. The number of benzene rings is 2. The van der Waals surface area contributed by atoms with Gasteiger partial charge in [0.05, 0.1) is 0 Å². The van der Waals surface area contributed by atoms with Gasteiger partial charge in [0.15, 0.2) is 11.9 Å². The number of aryl methyl sites for hydroxylation is 1. The summed E-state index contributed by atoms with van der Waals surface area (Å²) in [7, 11) is 0. The van der Waals surface area contributed by atoms with E-state index in [-0.39, 0.29) is 11.7 Å². The number of fused-ring (bicyclic) bond motifs is 1. The topological polar surface area (TPSA) is 85.6 Å². The lowest BCUT2D eigenvalue weighted by Gasteiger charge is -2.15. The van der Waals surface area contributed by atoms with Crippen molar-refractivity contribution >= 4 is 28.3 Å². The third kappa shape index (κ3) is 4.23. The van der Waals surface area contributed by atoms with Crippen molar-refractivity contribution in [2.45, 2.75) is 26.9 Å². The first kappa shape index (κ1) is 18.4. The van der Waals surface area contributed by atoms with Gasteiger partial charge in [-0.1, -0.05) is 12.1 Å². The Balaban J connectivity index is 1.74. The van der Waals surface area contributed by atoms with E-state index in [0.717, 1.165) is 10.9 Å². The Morgan fingerprint density at radius 2 is 1.89 bits per heavy atom. The molecule has 3 rings (SSSR count). The fourth-order valence-corrected chi connectivity index (χ4v) is 2.70. The first-order valence-corrected chi connectivity index (χ1v) is 8.46. The van der Waals surface area contributed by atoms with Gasteiger partial charge in [-0.25, -0.2) is 4.79 Å². The summed E-state index contributed by atoms with van der Waals surface area (Å²) in [6.45, 7) is 4.90. The maximum Gasteiger partial charge on any atom is 0.336 e. The zero-order valence-electron chi connectivity index (χ0n) is 15.2. The number of ketones is 1. The highest BCUT2D eigenvalue weighted by Crippen LogP contribution is 2.23. The van der Waals surface area contributed by atoms with Crippen LogP contribution in [-0.4, -0.2) is 17.8 Å². The number of hydrogen-bond donors (Lipinski definition) is 1. The number of carbonyl (C=O) groups is 2. The van der Waals surface area contributed by atoms with E-state index in [1.165, 1.54) is 13.0 Å². The second-order valence-corrected chi connectivity index (χ2v) is 6.29. The van der Waals surface area contributed by atoms with E-state index in [9.17, 15) is 14.4 Å². The summed E-state index contributed by atoms with van der Waals surface area (Å²) in [6.07, 6.45) is -0.792. The fraction of sp³-hybridized carbons (Fsp3) is 0.190. The zero-order valence-corrected chi connectivity index (χ0v) is 15.2. The Labute approximate surface area is 155 Å². The molecule has 0 aliphatic carbocycles. The van der Waals surface area contributed by atoms with Gasteiger partial charge in [-0.2, -0.15) is 0 Å². The monoisotopic (exact) mass is 365 g/mol. The number of Topliss-reactive ketones (excluding diaryl/α,β-unsaturated/α-hetero) is 1. The lowest BCUT2D eigenvalue weighted by atomic mass is 10.1. The second-order valence-electron chi connectivity index (χ2n) is 6.29. The number of hydrogen-bond acceptors (Lipinski definition) is 5. The van der Waals surface area contributed by atoms with Crippen LogP contribution in [-0.2, 0) is 4.79 Å². The molecule has 6 nitrogen and oxygen atoms in total. The smallest absolute Gasteiger partial charge is 0.336 e. The molecule has 1 atom stereocenters. The number of rotatable bonds is 5. The highest BCUT2D eigenvalue weighted by atomic mass is 16.5. The summed E-state index contributed by atoms with van der Waals surface area (Å²) < 4.78 is 10.9. The molecule has 1 heterocycles. The van der Waals surface area contributed by atoms with Crippen LogP contribution in [0.5, 0.6) is 5.75 Å². The summed E-state index contributed by atoms with van der Waals surface area (Å²) in [5, 5.41) is 3.53. The molecule has 1 amide bonds. The molecular weight excluding hydrogens is 346 g/mol. The minimum absolute atomic E-state index is 0.0802. The number of nitrogens with one attached hydrogen (secondary N) is 1. The second kappa shape index (κ2) is 7.45. The van der Waals surface area contributed by atoms with E-state index in [4.69, 9.17) is 9.15 Å². The number of carbonyl (C=O) groups excluding carboxylic acids is 2. The fourth-order valence-electron chi connectivity index (χ4n) is 2.70. The van der Waals surface area contributed by atoms with Gasteiger partial charge in [0.2, 0.25) is 0 Å². The molecule has 6 heteroatoms. The minimum atomic E-state index is -0.792. The van der Waals surface area contributed by atoms with Gasteiger partial charge in [0, 0.05) is 28.8 Å². The highest BCUT2D eigenvalue weighted by molar-refractivity contribution is 5.98. The average Bonchev–Trinajstić information content (AvgIpc) is 2.61. The molecular formula is C21H19NO5. The quantitative estimate of drug-likeness (QED) is 0.550. The van der Waals surface area contributed by atoms with Crippen molar-refractivity contribution in [3.8, 4) is 5.75 Å². The lowest BCUT2D eigenvalue weighted by molar-refractivity contribution is -0.122. The summed E-state index contributed by atoms with van der Waals surface area (Å²) in [5.74, 6) is -0.0266. The summed E-state index contributed by atoms with van der Waals surface area (Å²) in [5.41, 5.74) is 1.81. The molecule has 0 unspecified atom stereocenters. The summed E-state index contributed by atoms with van der Waals surface area (Å²) in [4.78, 5) is 35.3. The van der Waals surface area contributed by atoms with E-state index in [0.29, 0.717) is 22.6 Å². The van der Waals surface area contributed by atoms with E-state index in [1.807, 2.05) is 6.92 Å². The van der Waals surface area contributed by atoms with Crippen molar-refractivity contribution in [3.63, 3.8) is 0 Å². The zero-order chi connectivity index (χ0) is 19.6. The molecule has 27 heavy (non-hydrogen) atoms. The van der Waals surface area contributed by atoms with Crippen molar-refractivity contribution < 1.29 is 18.7 Å². The van der Waals surface area contributed by atoms with Gasteiger partial charge in [-0.3, -0.25) is 9.59 Å². The molecule has 0 saturated heterocycles. The van der Waals surface area contributed by atoms with Crippen molar-refractivity contribution in [3.05, 3.63) is 70.1 Å². The molecule has 1 aromatic heterocycles. The number of anilines is 1. The van der Waals surface area contributed by atoms with Crippen LogP contribution in [0.25, 0.3) is 11.0 Å². The third-order valence-corrected chi connectivity index (χ3v) is 4.14. The number of amides is 1. The highest BCUT2D eigenvalue weighted by Gasteiger charge is 2.16. The van der Waals surface area contributed by atoms with E-state index in [2.05, 4.69) is 5.32 Å². The normalized spacial score (nSPS) is 11.8. The van der Waals surface area contributed by atoms with E-state index < -0.39 is 11.7 Å². The van der Waals surface area contributed by atoms with Gasteiger partial charge in [-0.05, 0) is 50.6 Å². The SMILES string of the molecule is CC(=O)c1cccc(NC(=O)[C@@H](C)Oc2ccc3c(C)cc(=O)oc3c2)c1. The molecule has 1 N–H and O–H groups in total. The van der Waals surface area contributed by atoms with Crippen molar-refractivity contribution in [1.29, 1.82) is 0 Å². The maximum absolute atomic E-state index is 12.4. The van der Waals surface area contributed by atoms with E-state index >= 15 is 0 Å². The molecule has 0 bridgehead atoms. The van der Waals surface area contributed by atoms with Crippen LogP contribution in [0.2, 0.25) is 0 Å². The first-order chi connectivity index (χ1) is 12.8. The molecule has 0 aliphatic rings. The number of ether oxygens (including phenoxy) is 1.